The van der Waals surface area contributed by atoms with Gasteiger partial charge in [0.2, 0.25) is 0 Å². The summed E-state index contributed by atoms with van der Waals surface area (Å²) in [6, 6.07) is 6.59. The van der Waals surface area contributed by atoms with Crippen molar-refractivity contribution in [2.24, 2.45) is 0 Å². The van der Waals surface area contributed by atoms with Crippen LogP contribution in [-0.4, -0.2) is 39.1 Å². The molecule has 2 N–H and O–H groups in total. The van der Waals surface area contributed by atoms with Crippen molar-refractivity contribution in [2.45, 2.75) is 44.9 Å². The minimum atomic E-state index is -0.969. The number of fused-ring (bicyclic) bond motifs is 1. The van der Waals surface area contributed by atoms with Crippen molar-refractivity contribution in [3.05, 3.63) is 64.2 Å². The first-order valence-electron chi connectivity index (χ1n) is 10.2. The number of carbonyl (C=O) groups is 1. The molecule has 170 valence electrons. The minimum Gasteiger partial charge on any atom is -0.391 e. The van der Waals surface area contributed by atoms with E-state index in [4.69, 9.17) is 0 Å². The molecule has 4 rings (SSSR count). The van der Waals surface area contributed by atoms with Crippen molar-refractivity contribution < 1.29 is 18.7 Å². The average Bonchev–Trinajstić information content (AvgIpc) is 2.74. The van der Waals surface area contributed by atoms with E-state index in [-0.39, 0.29) is 42.8 Å². The largest absolute Gasteiger partial charge is 0.391 e. The summed E-state index contributed by atoms with van der Waals surface area (Å²) in [6.07, 6.45) is 2.40. The molecule has 0 aliphatic carbocycles. The zero-order valence-corrected chi connectivity index (χ0v) is 18.3. The van der Waals surface area contributed by atoms with Crippen molar-refractivity contribution in [2.75, 3.05) is 6.54 Å². The Kier molecular flexibility index (Phi) is 7.38. The normalized spacial score (nSPS) is 18.4. The Bertz CT molecular complexity index is 1220. The molecule has 2 aromatic carbocycles. The Balaban J connectivity index is 0.00000289. The number of aromatic nitrogens is 2. The Labute approximate surface area is 189 Å². The lowest BCUT2D eigenvalue weighted by Crippen LogP contribution is -2.46. The smallest absolute Gasteiger partial charge is 0.261 e. The second-order valence-electron chi connectivity index (χ2n) is 8.01. The van der Waals surface area contributed by atoms with E-state index in [1.165, 1.54) is 17.0 Å². The molecule has 2 heterocycles. The van der Waals surface area contributed by atoms with E-state index in [1.54, 1.807) is 19.1 Å². The highest BCUT2D eigenvalue weighted by molar-refractivity contribution is 5.87. The van der Waals surface area contributed by atoms with Gasteiger partial charge in [0.25, 0.3) is 5.56 Å². The highest BCUT2D eigenvalue weighted by Crippen LogP contribution is 2.26. The molecule has 32 heavy (non-hydrogen) atoms. The molecule has 0 amide bonds. The molecule has 1 fully saturated rings. The number of ketones is 1. The number of benzene rings is 2. The van der Waals surface area contributed by atoms with Crippen LogP contribution < -0.4 is 10.9 Å². The highest BCUT2D eigenvalue weighted by atomic mass is 35.5. The molecule has 1 aromatic heterocycles. The van der Waals surface area contributed by atoms with E-state index in [2.05, 4.69) is 10.3 Å². The number of aliphatic hydroxyl groups is 1. The van der Waals surface area contributed by atoms with Crippen LogP contribution in [0.2, 0.25) is 0 Å². The number of nitrogens with zero attached hydrogens (tertiary/aromatic N) is 2. The van der Waals surface area contributed by atoms with E-state index in [9.17, 15) is 23.5 Å². The number of hydrogen-bond acceptors (Lipinski definition) is 5. The van der Waals surface area contributed by atoms with Crippen LogP contribution in [0.15, 0.2) is 41.5 Å². The number of Topliss-reactive ketones (excluding diaryl/α,β-unsaturated/α-hetero) is 1. The van der Waals surface area contributed by atoms with Crippen LogP contribution in [0.3, 0.4) is 0 Å². The molecule has 0 saturated carbocycles. The van der Waals surface area contributed by atoms with Gasteiger partial charge in [-0.2, -0.15) is 0 Å². The number of aliphatic hydroxyl groups excluding tert-OH is 1. The van der Waals surface area contributed by atoms with Crippen molar-refractivity contribution in [3.63, 3.8) is 0 Å². The van der Waals surface area contributed by atoms with Gasteiger partial charge >= 0.3 is 0 Å². The summed E-state index contributed by atoms with van der Waals surface area (Å²) < 4.78 is 28.2. The molecule has 0 radical (unpaired) electrons. The van der Waals surface area contributed by atoms with E-state index in [0.29, 0.717) is 34.0 Å². The molecule has 3 aromatic rings. The van der Waals surface area contributed by atoms with Crippen LogP contribution in [-0.2, 0) is 11.3 Å². The second kappa shape index (κ2) is 9.85. The number of halogens is 3. The first-order valence-corrected chi connectivity index (χ1v) is 10.2. The van der Waals surface area contributed by atoms with Gasteiger partial charge in [0.05, 0.1) is 29.9 Å². The lowest BCUT2D eigenvalue weighted by molar-refractivity contribution is -0.121. The van der Waals surface area contributed by atoms with Crippen LogP contribution in [0.4, 0.5) is 8.78 Å². The van der Waals surface area contributed by atoms with Crippen molar-refractivity contribution in [1.29, 1.82) is 0 Å². The maximum Gasteiger partial charge on any atom is 0.261 e. The molecule has 0 bridgehead atoms. The third kappa shape index (κ3) is 4.87. The molecule has 0 unspecified atom stereocenters. The fraction of sp³-hybridized carbons (Fsp3) is 0.348. The van der Waals surface area contributed by atoms with Crippen LogP contribution in [0.1, 0.15) is 24.8 Å². The second-order valence-corrected chi connectivity index (χ2v) is 8.01. The van der Waals surface area contributed by atoms with Crippen LogP contribution >= 0.6 is 12.4 Å². The number of carbonyl (C=O) groups excluding carboxylic acids is 1. The molecular formula is C23H24ClF2N3O3. The first kappa shape index (κ1) is 24.0. The van der Waals surface area contributed by atoms with Gasteiger partial charge in [-0.25, -0.2) is 13.8 Å². The summed E-state index contributed by atoms with van der Waals surface area (Å²) in [5, 5.41) is 13.5. The predicted octanol–water partition coefficient (Wildman–Crippen LogP) is 3.14. The Hall–Kier alpha value is -2.68. The fourth-order valence-electron chi connectivity index (χ4n) is 4.05. The molecule has 2 atom stereocenters. The molecule has 1 saturated heterocycles. The summed E-state index contributed by atoms with van der Waals surface area (Å²) in [5.41, 5.74) is 1.81. The van der Waals surface area contributed by atoms with Crippen molar-refractivity contribution >= 4 is 29.1 Å². The number of nitrogens with one attached hydrogen (secondary N) is 1. The Morgan fingerprint density at radius 2 is 2.00 bits per heavy atom. The summed E-state index contributed by atoms with van der Waals surface area (Å²) >= 11 is 0. The monoisotopic (exact) mass is 463 g/mol. The van der Waals surface area contributed by atoms with Crippen LogP contribution in [0.5, 0.6) is 0 Å². The molecule has 9 heteroatoms. The van der Waals surface area contributed by atoms with Gasteiger partial charge in [-0.15, -0.1) is 12.4 Å². The summed E-state index contributed by atoms with van der Waals surface area (Å²) in [6.45, 7) is 2.38. The van der Waals surface area contributed by atoms with Gasteiger partial charge in [-0.05, 0) is 67.3 Å². The predicted molar refractivity (Wildman–Crippen MR) is 120 cm³/mol. The van der Waals surface area contributed by atoms with Gasteiger partial charge in [-0.3, -0.25) is 14.2 Å². The van der Waals surface area contributed by atoms with Crippen molar-refractivity contribution in [1.82, 2.24) is 14.9 Å². The van der Waals surface area contributed by atoms with Crippen LogP contribution in [0, 0.1) is 18.6 Å². The number of rotatable bonds is 5. The van der Waals surface area contributed by atoms with Crippen molar-refractivity contribution in [3.8, 4) is 11.1 Å². The third-order valence-electron chi connectivity index (χ3n) is 5.71. The minimum absolute atomic E-state index is 0. The lowest BCUT2D eigenvalue weighted by atomic mass is 9.97. The first-order chi connectivity index (χ1) is 14.8. The van der Waals surface area contributed by atoms with Gasteiger partial charge in [-0.1, -0.05) is 6.07 Å². The molecule has 0 spiro atoms. The standard InChI is InChI=1S/C23H23F2N3O3.ClH/c1-13-7-15(14-4-5-18(24)19(25)9-14)8-17-22(13)27-12-28(23(17)31)11-16(29)10-20-21(30)3-2-6-26-20;/h4-5,7-9,12,20-21,26,30H,2-3,6,10-11H2,1H3;1H/t20-,21+;/m1./s1. The average molecular weight is 464 g/mol. The van der Waals surface area contributed by atoms with Gasteiger partial charge in [0.15, 0.2) is 17.4 Å². The van der Waals surface area contributed by atoms with E-state index in [1.807, 2.05) is 0 Å². The Morgan fingerprint density at radius 1 is 1.22 bits per heavy atom. The Morgan fingerprint density at radius 3 is 2.72 bits per heavy atom. The molecular weight excluding hydrogens is 440 g/mol. The van der Waals surface area contributed by atoms with E-state index < -0.39 is 17.7 Å². The summed E-state index contributed by atoms with van der Waals surface area (Å²) in [4.78, 5) is 29.9. The van der Waals surface area contributed by atoms with Gasteiger partial charge in [0.1, 0.15) is 0 Å². The SMILES string of the molecule is Cc1cc(-c2ccc(F)c(F)c2)cc2c(=O)n(CC(=O)C[C@H]3NCCC[C@@H]3O)cnc12.Cl. The quantitative estimate of drug-likeness (QED) is 0.607. The maximum absolute atomic E-state index is 13.7. The number of aryl methyl sites for hydroxylation is 1. The maximum atomic E-state index is 13.7. The molecule has 1 aliphatic rings. The topological polar surface area (TPSA) is 84.2 Å². The summed E-state index contributed by atoms with van der Waals surface area (Å²) in [5.74, 6) is -2.10. The highest BCUT2D eigenvalue weighted by Gasteiger charge is 2.25. The number of hydrogen-bond donors (Lipinski definition) is 2. The zero-order chi connectivity index (χ0) is 22.1. The number of piperidine rings is 1. The molecule has 6 nitrogen and oxygen atoms in total. The molecule has 1 aliphatic heterocycles. The third-order valence-corrected chi connectivity index (χ3v) is 5.71. The van der Waals surface area contributed by atoms with E-state index in [0.717, 1.165) is 25.1 Å². The van der Waals surface area contributed by atoms with E-state index >= 15 is 0 Å². The van der Waals surface area contributed by atoms with Gasteiger partial charge in [0, 0.05) is 12.5 Å². The van der Waals surface area contributed by atoms with Gasteiger partial charge < -0.3 is 10.4 Å². The fourth-order valence-corrected chi connectivity index (χ4v) is 4.05. The van der Waals surface area contributed by atoms with Crippen LogP contribution in [0.25, 0.3) is 22.0 Å². The summed E-state index contributed by atoms with van der Waals surface area (Å²) in [7, 11) is 0. The zero-order valence-electron chi connectivity index (χ0n) is 17.5. The lowest BCUT2D eigenvalue weighted by Gasteiger charge is -2.28.